The van der Waals surface area contributed by atoms with Crippen molar-refractivity contribution in [1.82, 2.24) is 4.90 Å². The summed E-state index contributed by atoms with van der Waals surface area (Å²) in [4.78, 5) is 31.7. The number of para-hydroxylation sites is 1. The summed E-state index contributed by atoms with van der Waals surface area (Å²) >= 11 is 1.34. The molecular formula is C23H27N3O3S. The summed E-state index contributed by atoms with van der Waals surface area (Å²) in [5.74, 6) is 0.533. The Kier molecular flexibility index (Phi) is 7.15. The van der Waals surface area contributed by atoms with E-state index in [0.717, 1.165) is 28.3 Å². The number of nitrogens with one attached hydrogen (secondary N) is 1. The van der Waals surface area contributed by atoms with Gasteiger partial charge in [0, 0.05) is 18.7 Å². The molecule has 2 aromatic rings. The number of rotatable bonds is 7. The van der Waals surface area contributed by atoms with Crippen molar-refractivity contribution in [2.24, 2.45) is 4.99 Å². The molecule has 6 nitrogen and oxygen atoms in total. The van der Waals surface area contributed by atoms with Gasteiger partial charge in [-0.05, 0) is 63.1 Å². The highest BCUT2D eigenvalue weighted by Crippen LogP contribution is 2.32. The highest BCUT2D eigenvalue weighted by atomic mass is 32.2. The van der Waals surface area contributed by atoms with Crippen molar-refractivity contribution in [3.05, 3.63) is 53.6 Å². The second-order valence-electron chi connectivity index (χ2n) is 7.03. The van der Waals surface area contributed by atoms with E-state index in [0.29, 0.717) is 18.3 Å². The Morgan fingerprint density at radius 3 is 2.40 bits per heavy atom. The first-order valence-corrected chi connectivity index (χ1v) is 11.0. The van der Waals surface area contributed by atoms with Crippen LogP contribution in [0.5, 0.6) is 5.75 Å². The van der Waals surface area contributed by atoms with E-state index in [1.165, 1.54) is 11.8 Å². The van der Waals surface area contributed by atoms with Crippen molar-refractivity contribution in [3.63, 3.8) is 0 Å². The largest absolute Gasteiger partial charge is 0.494 e. The van der Waals surface area contributed by atoms with Crippen LogP contribution in [0.3, 0.4) is 0 Å². The molecule has 0 spiro atoms. The normalized spacial score (nSPS) is 17.5. The van der Waals surface area contributed by atoms with E-state index in [4.69, 9.17) is 4.74 Å². The average molecular weight is 426 g/mol. The number of amides is 2. The van der Waals surface area contributed by atoms with Gasteiger partial charge in [-0.2, -0.15) is 0 Å². The number of ether oxygens (including phenoxy) is 1. The Labute approximate surface area is 181 Å². The summed E-state index contributed by atoms with van der Waals surface area (Å²) < 4.78 is 5.45. The lowest BCUT2D eigenvalue weighted by atomic mass is 10.1. The van der Waals surface area contributed by atoms with E-state index in [-0.39, 0.29) is 18.2 Å². The maximum absolute atomic E-state index is 12.8. The third-order valence-corrected chi connectivity index (χ3v) is 6.00. The number of hydrogen-bond acceptors (Lipinski definition) is 5. The molecule has 0 bridgehead atoms. The number of benzene rings is 2. The van der Waals surface area contributed by atoms with Gasteiger partial charge in [-0.3, -0.25) is 14.5 Å². The van der Waals surface area contributed by atoms with Gasteiger partial charge in [-0.1, -0.05) is 30.0 Å². The molecule has 7 heteroatoms. The van der Waals surface area contributed by atoms with Crippen LogP contribution in [0.15, 0.2) is 47.5 Å². The standard InChI is InChI=1S/C23H27N3O3S/c1-5-26-22(28)19(14-20(27)25-21-15(3)8-7-9-16(21)4)30-23(26)24-17-10-12-18(13-11-17)29-6-2/h7-13,19H,5-6,14H2,1-4H3,(H,25,27)/t19-/m1/s1. The first-order valence-electron chi connectivity index (χ1n) is 10.1. The van der Waals surface area contributed by atoms with Gasteiger partial charge in [-0.15, -0.1) is 0 Å². The number of amidine groups is 1. The first kappa shape index (κ1) is 21.9. The molecular weight excluding hydrogens is 398 g/mol. The Bertz CT molecular complexity index is 936. The third kappa shape index (κ3) is 5.02. The predicted molar refractivity (Wildman–Crippen MR) is 123 cm³/mol. The van der Waals surface area contributed by atoms with Gasteiger partial charge >= 0.3 is 0 Å². The summed E-state index contributed by atoms with van der Waals surface area (Å²) in [5, 5.41) is 3.11. The van der Waals surface area contributed by atoms with Crippen LogP contribution in [-0.2, 0) is 9.59 Å². The molecule has 0 radical (unpaired) electrons. The zero-order valence-corrected chi connectivity index (χ0v) is 18.6. The topological polar surface area (TPSA) is 71.0 Å². The lowest BCUT2D eigenvalue weighted by Crippen LogP contribution is -2.33. The van der Waals surface area contributed by atoms with Crippen molar-refractivity contribution in [2.75, 3.05) is 18.5 Å². The molecule has 1 aliphatic heterocycles. The number of aliphatic imine (C=N–C) groups is 1. The van der Waals surface area contributed by atoms with Gasteiger partial charge in [0.25, 0.3) is 0 Å². The smallest absolute Gasteiger partial charge is 0.242 e. The number of carbonyl (C=O) groups is 2. The zero-order valence-electron chi connectivity index (χ0n) is 17.8. The van der Waals surface area contributed by atoms with Gasteiger partial charge in [0.2, 0.25) is 11.8 Å². The summed E-state index contributed by atoms with van der Waals surface area (Å²) in [7, 11) is 0. The quantitative estimate of drug-likeness (QED) is 0.699. The van der Waals surface area contributed by atoms with Crippen molar-refractivity contribution in [2.45, 2.75) is 39.4 Å². The third-order valence-electron chi connectivity index (χ3n) is 4.83. The minimum atomic E-state index is -0.476. The van der Waals surface area contributed by atoms with Gasteiger partial charge < -0.3 is 10.1 Å². The van der Waals surface area contributed by atoms with Crippen LogP contribution in [0.2, 0.25) is 0 Å². The minimum Gasteiger partial charge on any atom is -0.494 e. The van der Waals surface area contributed by atoms with Crippen LogP contribution in [0.4, 0.5) is 11.4 Å². The molecule has 30 heavy (non-hydrogen) atoms. The molecule has 0 unspecified atom stereocenters. The molecule has 0 saturated carbocycles. The van der Waals surface area contributed by atoms with E-state index < -0.39 is 5.25 Å². The zero-order chi connectivity index (χ0) is 21.7. The molecule has 1 heterocycles. The van der Waals surface area contributed by atoms with Crippen molar-refractivity contribution < 1.29 is 14.3 Å². The highest BCUT2D eigenvalue weighted by Gasteiger charge is 2.38. The lowest BCUT2D eigenvalue weighted by Gasteiger charge is -2.14. The molecule has 0 aromatic heterocycles. The summed E-state index contributed by atoms with van der Waals surface area (Å²) in [6.45, 7) is 8.87. The monoisotopic (exact) mass is 425 g/mol. The van der Waals surface area contributed by atoms with Crippen molar-refractivity contribution in [1.29, 1.82) is 0 Å². The fourth-order valence-corrected chi connectivity index (χ4v) is 4.50. The fourth-order valence-electron chi connectivity index (χ4n) is 3.28. The maximum atomic E-state index is 12.8. The van der Waals surface area contributed by atoms with Crippen LogP contribution in [0.1, 0.15) is 31.4 Å². The molecule has 1 N–H and O–H groups in total. The number of hydrogen-bond donors (Lipinski definition) is 1. The molecule has 2 amide bonds. The van der Waals surface area contributed by atoms with E-state index in [1.54, 1.807) is 4.90 Å². The molecule has 1 aliphatic rings. The van der Waals surface area contributed by atoms with E-state index in [9.17, 15) is 9.59 Å². The maximum Gasteiger partial charge on any atom is 0.242 e. The second-order valence-corrected chi connectivity index (χ2v) is 8.20. The summed E-state index contributed by atoms with van der Waals surface area (Å²) in [6.07, 6.45) is 0.107. The number of anilines is 1. The lowest BCUT2D eigenvalue weighted by molar-refractivity contribution is -0.128. The van der Waals surface area contributed by atoms with Crippen LogP contribution in [0.25, 0.3) is 0 Å². The van der Waals surface area contributed by atoms with Crippen LogP contribution in [0, 0.1) is 13.8 Å². The second kappa shape index (κ2) is 9.80. The predicted octanol–water partition coefficient (Wildman–Crippen LogP) is 4.68. The minimum absolute atomic E-state index is 0.0798. The van der Waals surface area contributed by atoms with Crippen molar-refractivity contribution >= 4 is 40.1 Å². The average Bonchev–Trinajstić information content (AvgIpc) is 3.00. The number of nitrogens with zero attached hydrogens (tertiary/aromatic N) is 2. The number of carbonyl (C=O) groups excluding carboxylic acids is 2. The first-order chi connectivity index (χ1) is 14.4. The molecule has 1 fully saturated rings. The van der Waals surface area contributed by atoms with Crippen LogP contribution >= 0.6 is 11.8 Å². The molecule has 1 atom stereocenters. The van der Waals surface area contributed by atoms with E-state index in [1.807, 2.05) is 70.2 Å². The van der Waals surface area contributed by atoms with Crippen LogP contribution in [-0.4, -0.2) is 40.3 Å². The van der Waals surface area contributed by atoms with Gasteiger partial charge in [0.15, 0.2) is 5.17 Å². The number of aryl methyl sites for hydroxylation is 2. The van der Waals surface area contributed by atoms with Gasteiger partial charge in [-0.25, -0.2) is 4.99 Å². The van der Waals surface area contributed by atoms with Gasteiger partial charge in [0.1, 0.15) is 11.0 Å². The Balaban J connectivity index is 1.71. The molecule has 1 saturated heterocycles. The Hall–Kier alpha value is -2.80. The van der Waals surface area contributed by atoms with Crippen molar-refractivity contribution in [3.8, 4) is 5.75 Å². The van der Waals surface area contributed by atoms with E-state index in [2.05, 4.69) is 10.3 Å². The molecule has 3 rings (SSSR count). The number of thioether (sulfide) groups is 1. The fraction of sp³-hybridized carbons (Fsp3) is 0.348. The van der Waals surface area contributed by atoms with Crippen LogP contribution < -0.4 is 10.1 Å². The van der Waals surface area contributed by atoms with E-state index >= 15 is 0 Å². The molecule has 0 aliphatic carbocycles. The highest BCUT2D eigenvalue weighted by molar-refractivity contribution is 8.15. The summed E-state index contributed by atoms with van der Waals surface area (Å²) in [5.41, 5.74) is 3.56. The summed E-state index contributed by atoms with van der Waals surface area (Å²) in [6, 6.07) is 13.3. The Morgan fingerprint density at radius 2 is 1.80 bits per heavy atom. The Morgan fingerprint density at radius 1 is 1.13 bits per heavy atom. The molecule has 158 valence electrons. The van der Waals surface area contributed by atoms with Gasteiger partial charge in [0.05, 0.1) is 12.3 Å². The molecule has 2 aromatic carbocycles. The SMILES string of the molecule is CCOc1ccc(N=C2S[C@H](CC(=O)Nc3c(C)cccc3C)C(=O)N2CC)cc1.